The summed E-state index contributed by atoms with van der Waals surface area (Å²) in [5.74, 6) is -1.02. The van der Waals surface area contributed by atoms with Crippen LogP contribution in [-0.4, -0.2) is 16.1 Å². The van der Waals surface area contributed by atoms with Crippen molar-refractivity contribution in [2.45, 2.75) is 13.0 Å². The first-order chi connectivity index (χ1) is 9.08. The normalized spacial score (nSPS) is 11.8. The van der Waals surface area contributed by atoms with Gasteiger partial charge in [-0.05, 0) is 42.8 Å². The number of aromatic carboxylic acids is 1. The third-order valence-electron chi connectivity index (χ3n) is 2.87. The average Bonchev–Trinajstić information content (AvgIpc) is 2.39. The maximum Gasteiger partial charge on any atom is 0.337 e. The number of nitrogens with two attached hydrogens (primary N) is 1. The van der Waals surface area contributed by atoms with Crippen LogP contribution in [-0.2, 0) is 0 Å². The van der Waals surface area contributed by atoms with E-state index in [1.54, 1.807) is 24.5 Å². The molecule has 5 heteroatoms. The first kappa shape index (κ1) is 12.9. The van der Waals surface area contributed by atoms with Crippen molar-refractivity contribution in [3.63, 3.8) is 0 Å². The molecular weight excluding hydrogens is 242 g/mol. The van der Waals surface area contributed by atoms with E-state index < -0.39 is 5.97 Å². The molecule has 0 radical (unpaired) electrons. The Morgan fingerprint density at radius 2 is 2.00 bits per heavy atom. The fourth-order valence-electron chi connectivity index (χ4n) is 1.83. The molecule has 19 heavy (non-hydrogen) atoms. The van der Waals surface area contributed by atoms with Gasteiger partial charge < -0.3 is 16.2 Å². The van der Waals surface area contributed by atoms with Gasteiger partial charge in [0.1, 0.15) is 0 Å². The molecule has 1 aromatic carbocycles. The molecule has 0 amide bonds. The minimum Gasteiger partial charge on any atom is -0.478 e. The molecule has 0 spiro atoms. The van der Waals surface area contributed by atoms with Crippen LogP contribution < -0.4 is 11.1 Å². The number of hydrogen-bond acceptors (Lipinski definition) is 4. The number of hydrogen-bond donors (Lipinski definition) is 3. The molecule has 2 aromatic rings. The predicted octanol–water partition coefficient (Wildman–Crippen LogP) is 2.54. The SMILES string of the molecule is CC(Nc1ccc(C(=O)O)c(N)c1)c1ccncc1. The summed E-state index contributed by atoms with van der Waals surface area (Å²) < 4.78 is 0. The molecule has 1 heterocycles. The van der Waals surface area contributed by atoms with Crippen LogP contribution in [0.3, 0.4) is 0 Å². The molecule has 98 valence electrons. The fourth-order valence-corrected chi connectivity index (χ4v) is 1.83. The molecule has 1 unspecified atom stereocenters. The van der Waals surface area contributed by atoms with Gasteiger partial charge in [-0.25, -0.2) is 4.79 Å². The lowest BCUT2D eigenvalue weighted by atomic mass is 10.1. The zero-order valence-corrected chi connectivity index (χ0v) is 10.5. The van der Waals surface area contributed by atoms with E-state index in [9.17, 15) is 4.79 Å². The number of nitrogens with zero attached hydrogens (tertiary/aromatic N) is 1. The van der Waals surface area contributed by atoms with E-state index in [1.807, 2.05) is 19.1 Å². The Morgan fingerprint density at radius 1 is 1.32 bits per heavy atom. The lowest BCUT2D eigenvalue weighted by Crippen LogP contribution is -2.08. The van der Waals surface area contributed by atoms with Crippen molar-refractivity contribution in [2.75, 3.05) is 11.1 Å². The summed E-state index contributed by atoms with van der Waals surface area (Å²) in [6.07, 6.45) is 3.46. The molecule has 5 nitrogen and oxygen atoms in total. The molecule has 0 aliphatic rings. The van der Waals surface area contributed by atoms with Crippen LogP contribution in [0.4, 0.5) is 11.4 Å². The third kappa shape index (κ3) is 3.01. The van der Waals surface area contributed by atoms with Crippen LogP contribution in [0, 0.1) is 0 Å². The minimum absolute atomic E-state index is 0.0816. The molecule has 4 N–H and O–H groups in total. The Balaban J connectivity index is 2.16. The molecule has 0 saturated heterocycles. The number of nitrogen functional groups attached to an aromatic ring is 1. The van der Waals surface area contributed by atoms with Gasteiger partial charge in [-0.1, -0.05) is 0 Å². The van der Waals surface area contributed by atoms with E-state index in [4.69, 9.17) is 10.8 Å². The first-order valence-electron chi connectivity index (χ1n) is 5.87. The van der Waals surface area contributed by atoms with Crippen molar-refractivity contribution in [3.05, 3.63) is 53.9 Å². The first-order valence-corrected chi connectivity index (χ1v) is 5.87. The molecule has 0 saturated carbocycles. The van der Waals surface area contributed by atoms with Crippen molar-refractivity contribution in [3.8, 4) is 0 Å². The number of carboxylic acid groups (broad SMARTS) is 1. The second-order valence-electron chi connectivity index (χ2n) is 4.25. The van der Waals surface area contributed by atoms with Gasteiger partial charge in [0.2, 0.25) is 0 Å². The highest BCUT2D eigenvalue weighted by molar-refractivity contribution is 5.94. The lowest BCUT2D eigenvalue weighted by molar-refractivity contribution is 0.0698. The van der Waals surface area contributed by atoms with Crippen LogP contribution in [0.25, 0.3) is 0 Å². The number of pyridine rings is 1. The van der Waals surface area contributed by atoms with Crippen LogP contribution in [0.15, 0.2) is 42.7 Å². The number of carboxylic acids is 1. The number of anilines is 2. The average molecular weight is 257 g/mol. The molecule has 2 rings (SSSR count). The number of benzene rings is 1. The Hall–Kier alpha value is -2.56. The number of nitrogens with one attached hydrogen (secondary N) is 1. The van der Waals surface area contributed by atoms with Crippen molar-refractivity contribution in [2.24, 2.45) is 0 Å². The van der Waals surface area contributed by atoms with Crippen molar-refractivity contribution >= 4 is 17.3 Å². The highest BCUT2D eigenvalue weighted by Crippen LogP contribution is 2.22. The van der Waals surface area contributed by atoms with Crippen LogP contribution in [0.5, 0.6) is 0 Å². The molecule has 0 bridgehead atoms. The maximum absolute atomic E-state index is 10.9. The number of rotatable bonds is 4. The Morgan fingerprint density at radius 3 is 2.58 bits per heavy atom. The summed E-state index contributed by atoms with van der Waals surface area (Å²) in [6.45, 7) is 2.01. The van der Waals surface area contributed by atoms with Gasteiger partial charge >= 0.3 is 5.97 Å². The zero-order chi connectivity index (χ0) is 13.8. The van der Waals surface area contributed by atoms with Gasteiger partial charge in [-0.15, -0.1) is 0 Å². The van der Waals surface area contributed by atoms with E-state index in [1.165, 1.54) is 6.07 Å². The van der Waals surface area contributed by atoms with E-state index in [0.717, 1.165) is 11.3 Å². The maximum atomic E-state index is 10.9. The fraction of sp³-hybridized carbons (Fsp3) is 0.143. The summed E-state index contributed by atoms with van der Waals surface area (Å²) in [4.78, 5) is 14.8. The largest absolute Gasteiger partial charge is 0.478 e. The Labute approximate surface area is 111 Å². The van der Waals surface area contributed by atoms with Crippen LogP contribution in [0.1, 0.15) is 28.9 Å². The van der Waals surface area contributed by atoms with Crippen molar-refractivity contribution in [1.29, 1.82) is 0 Å². The molecular formula is C14H15N3O2. The van der Waals surface area contributed by atoms with Crippen LogP contribution in [0.2, 0.25) is 0 Å². The zero-order valence-electron chi connectivity index (χ0n) is 10.5. The third-order valence-corrected chi connectivity index (χ3v) is 2.87. The van der Waals surface area contributed by atoms with Gasteiger partial charge in [0.25, 0.3) is 0 Å². The van der Waals surface area contributed by atoms with E-state index in [2.05, 4.69) is 10.3 Å². The lowest BCUT2D eigenvalue weighted by Gasteiger charge is -2.16. The predicted molar refractivity (Wildman–Crippen MR) is 74.1 cm³/mol. The standard InChI is InChI=1S/C14H15N3O2/c1-9(10-4-6-16-7-5-10)17-11-2-3-12(14(18)19)13(15)8-11/h2-9,17H,15H2,1H3,(H,18,19). The monoisotopic (exact) mass is 257 g/mol. The molecule has 0 aliphatic carbocycles. The van der Waals surface area contributed by atoms with Gasteiger partial charge in [0.05, 0.1) is 5.56 Å². The molecule has 1 atom stereocenters. The summed E-state index contributed by atoms with van der Waals surface area (Å²) in [5.41, 5.74) is 7.95. The van der Waals surface area contributed by atoms with Gasteiger partial charge in [0.15, 0.2) is 0 Å². The van der Waals surface area contributed by atoms with Gasteiger partial charge in [-0.3, -0.25) is 4.98 Å². The molecule has 0 fully saturated rings. The van der Waals surface area contributed by atoms with E-state index in [-0.39, 0.29) is 17.3 Å². The smallest absolute Gasteiger partial charge is 0.337 e. The molecule has 0 aliphatic heterocycles. The summed E-state index contributed by atoms with van der Waals surface area (Å²) in [6, 6.07) is 8.76. The Bertz CT molecular complexity index is 584. The second kappa shape index (κ2) is 5.39. The second-order valence-corrected chi connectivity index (χ2v) is 4.25. The van der Waals surface area contributed by atoms with Crippen LogP contribution >= 0.6 is 0 Å². The topological polar surface area (TPSA) is 88.2 Å². The van der Waals surface area contributed by atoms with E-state index >= 15 is 0 Å². The number of carbonyl (C=O) groups is 1. The number of aromatic nitrogens is 1. The van der Waals surface area contributed by atoms with Gasteiger partial charge in [0, 0.05) is 29.8 Å². The summed E-state index contributed by atoms with van der Waals surface area (Å²) in [7, 11) is 0. The van der Waals surface area contributed by atoms with Crippen molar-refractivity contribution < 1.29 is 9.90 Å². The highest BCUT2D eigenvalue weighted by atomic mass is 16.4. The summed E-state index contributed by atoms with van der Waals surface area (Å²) in [5, 5.41) is 12.2. The van der Waals surface area contributed by atoms with Crippen molar-refractivity contribution in [1.82, 2.24) is 4.98 Å². The minimum atomic E-state index is -1.02. The highest BCUT2D eigenvalue weighted by Gasteiger charge is 2.10. The molecule has 1 aromatic heterocycles. The van der Waals surface area contributed by atoms with Gasteiger partial charge in [-0.2, -0.15) is 0 Å². The van der Waals surface area contributed by atoms with E-state index in [0.29, 0.717) is 0 Å². The quantitative estimate of drug-likeness (QED) is 0.732. The Kier molecular flexibility index (Phi) is 3.66. The summed E-state index contributed by atoms with van der Waals surface area (Å²) >= 11 is 0.